The summed E-state index contributed by atoms with van der Waals surface area (Å²) < 4.78 is 24.0. The number of piperidine rings is 1. The monoisotopic (exact) mass is 290 g/mol. The van der Waals surface area contributed by atoms with Gasteiger partial charge in [-0.1, -0.05) is 0 Å². The van der Waals surface area contributed by atoms with Gasteiger partial charge in [0.1, 0.15) is 0 Å². The molecule has 0 radical (unpaired) electrons. The van der Waals surface area contributed by atoms with E-state index in [0.717, 1.165) is 31.5 Å². The normalized spacial score (nSPS) is 20.1. The Morgan fingerprint density at radius 2 is 2.06 bits per heavy atom. The van der Waals surface area contributed by atoms with Crippen molar-refractivity contribution in [3.05, 3.63) is 30.1 Å². The molecule has 4 nitrogen and oxygen atoms in total. The van der Waals surface area contributed by atoms with Crippen molar-refractivity contribution in [2.75, 3.05) is 18.8 Å². The lowest BCUT2D eigenvalue weighted by atomic mass is 10.0. The van der Waals surface area contributed by atoms with Gasteiger partial charge in [0.05, 0.1) is 11.5 Å². The van der Waals surface area contributed by atoms with Gasteiger partial charge in [-0.15, -0.1) is 12.4 Å². The molecule has 0 spiro atoms. The molecule has 1 atom stereocenters. The van der Waals surface area contributed by atoms with Crippen LogP contribution in [0.3, 0.4) is 0 Å². The maximum atomic E-state index is 12.0. The molecule has 1 aromatic rings. The van der Waals surface area contributed by atoms with Crippen molar-refractivity contribution in [3.63, 3.8) is 0 Å². The highest BCUT2D eigenvalue weighted by atomic mass is 35.5. The van der Waals surface area contributed by atoms with Crippen molar-refractivity contribution in [1.82, 2.24) is 10.3 Å². The third-order valence-corrected chi connectivity index (χ3v) is 4.78. The largest absolute Gasteiger partial charge is 0.316 e. The minimum Gasteiger partial charge on any atom is -0.316 e. The Morgan fingerprint density at radius 3 is 2.67 bits per heavy atom. The zero-order valence-electron chi connectivity index (χ0n) is 10.2. The van der Waals surface area contributed by atoms with Gasteiger partial charge in [0.2, 0.25) is 0 Å². The molecule has 1 unspecified atom stereocenters. The van der Waals surface area contributed by atoms with Gasteiger partial charge in [0, 0.05) is 12.4 Å². The van der Waals surface area contributed by atoms with Crippen LogP contribution in [0.4, 0.5) is 0 Å². The van der Waals surface area contributed by atoms with E-state index in [1.807, 2.05) is 0 Å². The quantitative estimate of drug-likeness (QED) is 0.911. The Balaban J connectivity index is 0.00000162. The van der Waals surface area contributed by atoms with Crippen molar-refractivity contribution in [1.29, 1.82) is 0 Å². The van der Waals surface area contributed by atoms with Crippen LogP contribution in [0.2, 0.25) is 0 Å². The van der Waals surface area contributed by atoms with Crippen LogP contribution in [0.5, 0.6) is 0 Å². The number of sulfone groups is 1. The van der Waals surface area contributed by atoms with Crippen LogP contribution in [0, 0.1) is 5.92 Å². The van der Waals surface area contributed by atoms with Crippen molar-refractivity contribution in [2.24, 2.45) is 5.92 Å². The van der Waals surface area contributed by atoms with Crippen LogP contribution in [-0.2, 0) is 15.6 Å². The smallest absolute Gasteiger partial charge is 0.154 e. The van der Waals surface area contributed by atoms with E-state index in [1.165, 1.54) is 0 Å². The molecule has 0 saturated carbocycles. The second-order valence-corrected chi connectivity index (χ2v) is 6.73. The second-order valence-electron chi connectivity index (χ2n) is 4.62. The fourth-order valence-electron chi connectivity index (χ4n) is 2.22. The molecule has 1 aliphatic heterocycles. The number of halogens is 1. The summed E-state index contributed by atoms with van der Waals surface area (Å²) >= 11 is 0. The summed E-state index contributed by atoms with van der Waals surface area (Å²) in [6.07, 6.45) is 5.36. The van der Waals surface area contributed by atoms with Gasteiger partial charge in [0.25, 0.3) is 0 Å². The van der Waals surface area contributed by atoms with Crippen molar-refractivity contribution < 1.29 is 8.42 Å². The lowest BCUT2D eigenvalue weighted by molar-refractivity contribution is 0.404. The molecule has 1 aromatic heterocycles. The first-order valence-electron chi connectivity index (χ1n) is 5.96. The SMILES string of the molecule is Cl.O=S(=O)(Cc1ccncc1)CC1CCCNC1. The molecule has 6 heteroatoms. The molecule has 102 valence electrons. The fourth-order valence-corrected chi connectivity index (χ4v) is 4.04. The number of pyridine rings is 1. The maximum Gasteiger partial charge on any atom is 0.154 e. The molecule has 18 heavy (non-hydrogen) atoms. The molecule has 1 N–H and O–H groups in total. The minimum absolute atomic E-state index is 0. The van der Waals surface area contributed by atoms with Crippen molar-refractivity contribution in [3.8, 4) is 0 Å². The van der Waals surface area contributed by atoms with Crippen molar-refractivity contribution in [2.45, 2.75) is 18.6 Å². The van der Waals surface area contributed by atoms with Crippen LogP contribution in [-0.4, -0.2) is 32.2 Å². The molecule has 2 rings (SSSR count). The predicted molar refractivity (Wildman–Crippen MR) is 74.6 cm³/mol. The molecule has 2 heterocycles. The number of aromatic nitrogens is 1. The number of nitrogens with zero attached hydrogens (tertiary/aromatic N) is 1. The third-order valence-electron chi connectivity index (χ3n) is 3.02. The first-order valence-corrected chi connectivity index (χ1v) is 7.78. The average molecular weight is 291 g/mol. The van der Waals surface area contributed by atoms with Crippen molar-refractivity contribution >= 4 is 22.2 Å². The Kier molecular flexibility index (Phi) is 6.05. The van der Waals surface area contributed by atoms with E-state index in [1.54, 1.807) is 24.5 Å². The van der Waals surface area contributed by atoms with Gasteiger partial charge >= 0.3 is 0 Å². The summed E-state index contributed by atoms with van der Waals surface area (Å²) in [4.78, 5) is 3.89. The third kappa shape index (κ3) is 4.92. The molecule has 1 saturated heterocycles. The van der Waals surface area contributed by atoms with E-state index in [4.69, 9.17) is 0 Å². The van der Waals surface area contributed by atoms with E-state index >= 15 is 0 Å². The topological polar surface area (TPSA) is 59.1 Å². The van der Waals surface area contributed by atoms with Gasteiger partial charge in [-0.2, -0.15) is 0 Å². The van der Waals surface area contributed by atoms with E-state index in [9.17, 15) is 8.42 Å². The summed E-state index contributed by atoms with van der Waals surface area (Å²) in [6.45, 7) is 1.84. The highest BCUT2D eigenvalue weighted by molar-refractivity contribution is 7.90. The molecule has 0 amide bonds. The zero-order chi connectivity index (χ0) is 12.1. The molecule has 0 bridgehead atoms. The number of hydrogen-bond donors (Lipinski definition) is 1. The molecule has 0 aromatic carbocycles. The summed E-state index contributed by atoms with van der Waals surface area (Å²) in [7, 11) is -3.00. The highest BCUT2D eigenvalue weighted by Crippen LogP contribution is 2.15. The maximum absolute atomic E-state index is 12.0. The van der Waals surface area contributed by atoms with Gasteiger partial charge < -0.3 is 5.32 Å². The second kappa shape index (κ2) is 7.07. The zero-order valence-corrected chi connectivity index (χ0v) is 11.8. The predicted octanol–water partition coefficient (Wildman–Crippen LogP) is 1.42. The molecular formula is C12H19ClN2O2S. The first-order chi connectivity index (χ1) is 8.16. The first kappa shape index (κ1) is 15.4. The Bertz CT molecular complexity index is 444. The van der Waals surface area contributed by atoms with Gasteiger partial charge in [-0.3, -0.25) is 4.98 Å². The lowest BCUT2D eigenvalue weighted by Gasteiger charge is -2.22. The van der Waals surface area contributed by atoms with Gasteiger partial charge in [0.15, 0.2) is 9.84 Å². The summed E-state index contributed by atoms with van der Waals surface area (Å²) in [6, 6.07) is 3.52. The summed E-state index contributed by atoms with van der Waals surface area (Å²) in [5, 5.41) is 3.25. The standard InChI is InChI=1S/C12H18N2O2S.ClH/c15-17(16,9-11-3-6-13-7-4-11)10-12-2-1-5-14-8-12;/h3-4,6-7,12,14H,1-2,5,8-10H2;1H. The minimum atomic E-state index is -3.00. The molecular weight excluding hydrogens is 272 g/mol. The Labute approximate surface area is 115 Å². The van der Waals surface area contributed by atoms with E-state index in [-0.39, 0.29) is 24.1 Å². The molecule has 0 aliphatic carbocycles. The van der Waals surface area contributed by atoms with Gasteiger partial charge in [-0.05, 0) is 49.5 Å². The number of rotatable bonds is 4. The fraction of sp³-hybridized carbons (Fsp3) is 0.583. The average Bonchev–Trinajstić information content (AvgIpc) is 2.30. The van der Waals surface area contributed by atoms with E-state index in [2.05, 4.69) is 10.3 Å². The van der Waals surface area contributed by atoms with Crippen LogP contribution in [0.15, 0.2) is 24.5 Å². The summed E-state index contributed by atoms with van der Waals surface area (Å²) in [5.74, 6) is 0.699. The van der Waals surface area contributed by atoms with Crippen LogP contribution >= 0.6 is 12.4 Å². The van der Waals surface area contributed by atoms with Crippen LogP contribution in [0.1, 0.15) is 18.4 Å². The number of nitrogens with one attached hydrogen (secondary N) is 1. The molecule has 1 aliphatic rings. The Morgan fingerprint density at radius 1 is 1.33 bits per heavy atom. The van der Waals surface area contributed by atoms with Crippen LogP contribution < -0.4 is 5.32 Å². The summed E-state index contributed by atoms with van der Waals surface area (Å²) in [5.41, 5.74) is 0.823. The van der Waals surface area contributed by atoms with E-state index in [0.29, 0.717) is 5.75 Å². The van der Waals surface area contributed by atoms with Gasteiger partial charge in [-0.25, -0.2) is 8.42 Å². The molecule has 1 fully saturated rings. The number of hydrogen-bond acceptors (Lipinski definition) is 4. The van der Waals surface area contributed by atoms with Crippen LogP contribution in [0.25, 0.3) is 0 Å². The Hall–Kier alpha value is -0.650. The lowest BCUT2D eigenvalue weighted by Crippen LogP contribution is -2.34. The van der Waals surface area contributed by atoms with E-state index < -0.39 is 9.84 Å². The highest BCUT2D eigenvalue weighted by Gasteiger charge is 2.21.